The van der Waals surface area contributed by atoms with Crippen LogP contribution in [0.4, 0.5) is 0 Å². The van der Waals surface area contributed by atoms with Crippen LogP contribution in [0.15, 0.2) is 33.6 Å². The Morgan fingerprint density at radius 1 is 1.30 bits per heavy atom. The summed E-state index contributed by atoms with van der Waals surface area (Å²) in [4.78, 5) is 13.9. The fourth-order valence-corrected chi connectivity index (χ4v) is 5.07. The van der Waals surface area contributed by atoms with Crippen LogP contribution in [0.5, 0.6) is 5.75 Å². The van der Waals surface area contributed by atoms with Crippen LogP contribution in [0.3, 0.4) is 0 Å². The van der Waals surface area contributed by atoms with Gasteiger partial charge in [0.15, 0.2) is 0 Å². The molecular formula is C20H28N4O5S. The van der Waals surface area contributed by atoms with Crippen molar-refractivity contribution in [1.29, 1.82) is 0 Å². The summed E-state index contributed by atoms with van der Waals surface area (Å²) in [5.74, 6) is 1.38. The first kappa shape index (κ1) is 22.2. The first-order chi connectivity index (χ1) is 14.2. The van der Waals surface area contributed by atoms with Gasteiger partial charge < -0.3 is 14.1 Å². The summed E-state index contributed by atoms with van der Waals surface area (Å²) in [5.41, 5.74) is 0. The van der Waals surface area contributed by atoms with Crippen molar-refractivity contribution in [2.75, 3.05) is 20.7 Å². The summed E-state index contributed by atoms with van der Waals surface area (Å²) in [7, 11) is -0.502. The van der Waals surface area contributed by atoms with Crippen LogP contribution in [0.1, 0.15) is 50.9 Å². The van der Waals surface area contributed by atoms with Gasteiger partial charge in [0.1, 0.15) is 11.8 Å². The molecule has 0 spiro atoms. The molecular weight excluding hydrogens is 408 g/mol. The van der Waals surface area contributed by atoms with Gasteiger partial charge in [-0.2, -0.15) is 4.31 Å². The summed E-state index contributed by atoms with van der Waals surface area (Å²) >= 11 is 0. The molecule has 3 rings (SSSR count). The Morgan fingerprint density at radius 2 is 2.00 bits per heavy atom. The highest BCUT2D eigenvalue weighted by Gasteiger charge is 2.39. The Balaban J connectivity index is 1.75. The Bertz CT molecular complexity index is 971. The number of hydrogen-bond acceptors (Lipinski definition) is 7. The van der Waals surface area contributed by atoms with Crippen LogP contribution in [0.2, 0.25) is 0 Å². The lowest BCUT2D eigenvalue weighted by Crippen LogP contribution is -2.30. The molecule has 1 aromatic heterocycles. The Hall–Kier alpha value is -2.46. The van der Waals surface area contributed by atoms with E-state index in [-0.39, 0.29) is 29.2 Å². The van der Waals surface area contributed by atoms with Gasteiger partial charge in [-0.15, -0.1) is 10.2 Å². The number of ether oxygens (including phenoxy) is 1. The van der Waals surface area contributed by atoms with Crippen molar-refractivity contribution in [3.8, 4) is 5.75 Å². The zero-order chi connectivity index (χ0) is 21.9. The van der Waals surface area contributed by atoms with E-state index in [1.54, 1.807) is 19.2 Å². The standard InChI is InChI=1S/C20H28N4O5S/c1-14(2)12-19(25)23(3)13-18-21-22-20(29-18)17-6-5-11-24(17)30(26,27)16-9-7-15(28-4)8-10-16/h7-10,14,17H,5-6,11-13H2,1-4H3. The average molecular weight is 437 g/mol. The van der Waals surface area contributed by atoms with Gasteiger partial charge >= 0.3 is 0 Å². The minimum absolute atomic E-state index is 0.00525. The molecule has 9 nitrogen and oxygen atoms in total. The maximum Gasteiger partial charge on any atom is 0.243 e. The predicted molar refractivity (Wildman–Crippen MR) is 109 cm³/mol. The highest BCUT2D eigenvalue weighted by atomic mass is 32.2. The fourth-order valence-electron chi connectivity index (χ4n) is 3.42. The van der Waals surface area contributed by atoms with Crippen LogP contribution in [-0.4, -0.2) is 54.4 Å². The number of sulfonamides is 1. The molecule has 1 aromatic carbocycles. The minimum atomic E-state index is -3.72. The molecule has 2 heterocycles. The topological polar surface area (TPSA) is 106 Å². The molecule has 1 saturated heterocycles. The van der Waals surface area contributed by atoms with Gasteiger partial charge in [-0.25, -0.2) is 8.42 Å². The first-order valence-corrected chi connectivity index (χ1v) is 11.4. The van der Waals surface area contributed by atoms with Gasteiger partial charge in [-0.3, -0.25) is 4.79 Å². The van der Waals surface area contributed by atoms with Crippen molar-refractivity contribution in [2.45, 2.75) is 50.6 Å². The molecule has 1 unspecified atom stereocenters. The average Bonchev–Trinajstić information content (AvgIpc) is 3.37. The van der Waals surface area contributed by atoms with E-state index < -0.39 is 16.1 Å². The molecule has 0 saturated carbocycles. The van der Waals surface area contributed by atoms with Crippen molar-refractivity contribution >= 4 is 15.9 Å². The zero-order valence-corrected chi connectivity index (χ0v) is 18.6. The predicted octanol–water partition coefficient (Wildman–Crippen LogP) is 2.61. The fraction of sp³-hybridized carbons (Fsp3) is 0.550. The third kappa shape index (κ3) is 4.81. The lowest BCUT2D eigenvalue weighted by molar-refractivity contribution is -0.131. The molecule has 30 heavy (non-hydrogen) atoms. The molecule has 1 aliphatic heterocycles. The van der Waals surface area contributed by atoms with Crippen LogP contribution in [0.25, 0.3) is 0 Å². The summed E-state index contributed by atoms with van der Waals surface area (Å²) in [6.07, 6.45) is 1.73. The summed E-state index contributed by atoms with van der Waals surface area (Å²) in [6, 6.07) is 5.77. The number of carbonyl (C=O) groups excluding carboxylic acids is 1. The molecule has 0 N–H and O–H groups in total. The summed E-state index contributed by atoms with van der Waals surface area (Å²) < 4.78 is 38.5. The van der Waals surface area contributed by atoms with E-state index >= 15 is 0 Å². The Kier molecular flexibility index (Phi) is 6.77. The summed E-state index contributed by atoms with van der Waals surface area (Å²) in [5, 5.41) is 8.10. The maximum absolute atomic E-state index is 13.1. The van der Waals surface area contributed by atoms with Gasteiger partial charge in [0, 0.05) is 20.0 Å². The van der Waals surface area contributed by atoms with Crippen molar-refractivity contribution < 1.29 is 22.4 Å². The van der Waals surface area contributed by atoms with Crippen molar-refractivity contribution in [1.82, 2.24) is 19.4 Å². The second kappa shape index (κ2) is 9.13. The number of amides is 1. The molecule has 0 radical (unpaired) electrons. The summed E-state index contributed by atoms with van der Waals surface area (Å²) in [6.45, 7) is 4.53. The SMILES string of the molecule is COc1ccc(S(=O)(=O)N2CCCC2c2nnc(CN(C)C(=O)CC(C)C)o2)cc1. The molecule has 1 fully saturated rings. The number of benzene rings is 1. The normalized spacial score (nSPS) is 17.4. The van der Waals surface area contributed by atoms with Gasteiger partial charge in [-0.05, 0) is 43.0 Å². The molecule has 0 bridgehead atoms. The van der Waals surface area contributed by atoms with Gasteiger partial charge in [0.2, 0.25) is 27.7 Å². The second-order valence-corrected chi connectivity index (χ2v) is 9.72. The number of aromatic nitrogens is 2. The highest BCUT2D eigenvalue weighted by Crippen LogP contribution is 2.36. The van der Waals surface area contributed by atoms with Crippen molar-refractivity contribution in [2.24, 2.45) is 5.92 Å². The molecule has 1 aliphatic rings. The minimum Gasteiger partial charge on any atom is -0.497 e. The number of hydrogen-bond donors (Lipinski definition) is 0. The third-order valence-corrected chi connectivity index (χ3v) is 6.94. The van der Waals surface area contributed by atoms with Gasteiger partial charge in [-0.1, -0.05) is 13.8 Å². The lowest BCUT2D eigenvalue weighted by atomic mass is 10.1. The Labute approximate surface area is 177 Å². The van der Waals surface area contributed by atoms with Gasteiger partial charge in [0.25, 0.3) is 0 Å². The Morgan fingerprint density at radius 3 is 2.63 bits per heavy atom. The zero-order valence-electron chi connectivity index (χ0n) is 17.7. The number of rotatable bonds is 8. The molecule has 10 heteroatoms. The van der Waals surface area contributed by atoms with Crippen LogP contribution in [0, 0.1) is 5.92 Å². The lowest BCUT2D eigenvalue weighted by Gasteiger charge is -2.21. The molecule has 1 amide bonds. The monoisotopic (exact) mass is 436 g/mol. The first-order valence-electron chi connectivity index (χ1n) is 9.94. The van der Waals surface area contributed by atoms with Gasteiger partial charge in [0.05, 0.1) is 18.6 Å². The van der Waals surface area contributed by atoms with E-state index in [1.807, 2.05) is 13.8 Å². The van der Waals surface area contributed by atoms with E-state index in [0.717, 1.165) is 0 Å². The van der Waals surface area contributed by atoms with Crippen LogP contribution in [-0.2, 0) is 21.4 Å². The highest BCUT2D eigenvalue weighted by molar-refractivity contribution is 7.89. The van der Waals surface area contributed by atoms with Crippen molar-refractivity contribution in [3.63, 3.8) is 0 Å². The van der Waals surface area contributed by atoms with E-state index in [1.165, 1.54) is 28.4 Å². The second-order valence-electron chi connectivity index (χ2n) is 7.83. The molecule has 1 atom stereocenters. The molecule has 164 valence electrons. The number of methoxy groups -OCH3 is 1. The van der Waals surface area contributed by atoms with E-state index in [0.29, 0.717) is 37.4 Å². The quantitative estimate of drug-likeness (QED) is 0.626. The van der Waals surface area contributed by atoms with Crippen molar-refractivity contribution in [3.05, 3.63) is 36.0 Å². The smallest absolute Gasteiger partial charge is 0.243 e. The molecule has 0 aliphatic carbocycles. The van der Waals surface area contributed by atoms with E-state index in [2.05, 4.69) is 10.2 Å². The van der Waals surface area contributed by atoms with E-state index in [4.69, 9.17) is 9.15 Å². The van der Waals surface area contributed by atoms with Crippen LogP contribution >= 0.6 is 0 Å². The van der Waals surface area contributed by atoms with Crippen LogP contribution < -0.4 is 4.74 Å². The largest absolute Gasteiger partial charge is 0.497 e. The van der Waals surface area contributed by atoms with E-state index in [9.17, 15) is 13.2 Å². The third-order valence-electron chi connectivity index (χ3n) is 5.02. The number of carbonyl (C=O) groups is 1. The maximum atomic E-state index is 13.1. The molecule has 2 aromatic rings. The number of nitrogens with zero attached hydrogens (tertiary/aromatic N) is 4.